The maximum atomic E-state index is 12.1. The lowest BCUT2D eigenvalue weighted by Crippen LogP contribution is -2.18. The molecule has 0 saturated carbocycles. The van der Waals surface area contributed by atoms with E-state index in [1.165, 1.54) is 12.1 Å². The van der Waals surface area contributed by atoms with Crippen molar-refractivity contribution in [3.8, 4) is 0 Å². The summed E-state index contributed by atoms with van der Waals surface area (Å²) >= 11 is 3.32. The number of ketones is 1. The SMILES string of the molecule is O=C(Cc1cccc(Br)c1)CS(=O)(=O)c1ccccc1. The van der Waals surface area contributed by atoms with Gasteiger partial charge < -0.3 is 0 Å². The van der Waals surface area contributed by atoms with Gasteiger partial charge in [-0.3, -0.25) is 4.79 Å². The molecule has 0 amide bonds. The minimum atomic E-state index is -3.55. The van der Waals surface area contributed by atoms with Gasteiger partial charge in [0.1, 0.15) is 5.75 Å². The normalized spacial score (nSPS) is 11.2. The second kappa shape index (κ2) is 6.33. The fourth-order valence-electron chi connectivity index (χ4n) is 1.85. The Morgan fingerprint density at radius 2 is 1.70 bits per heavy atom. The van der Waals surface area contributed by atoms with Gasteiger partial charge in [0.05, 0.1) is 4.90 Å². The molecule has 0 N–H and O–H groups in total. The third-order valence-corrected chi connectivity index (χ3v) is 4.93. The average Bonchev–Trinajstić information content (AvgIpc) is 2.39. The van der Waals surface area contributed by atoms with E-state index >= 15 is 0 Å². The van der Waals surface area contributed by atoms with Crippen molar-refractivity contribution >= 4 is 31.6 Å². The van der Waals surface area contributed by atoms with Gasteiger partial charge in [0.2, 0.25) is 0 Å². The quantitative estimate of drug-likeness (QED) is 0.830. The highest BCUT2D eigenvalue weighted by molar-refractivity contribution is 9.10. The molecule has 0 aliphatic heterocycles. The van der Waals surface area contributed by atoms with Crippen LogP contribution in [-0.2, 0) is 21.1 Å². The highest BCUT2D eigenvalue weighted by atomic mass is 79.9. The molecule has 2 aromatic rings. The highest BCUT2D eigenvalue weighted by Crippen LogP contribution is 2.14. The van der Waals surface area contributed by atoms with Gasteiger partial charge >= 0.3 is 0 Å². The Balaban J connectivity index is 2.09. The van der Waals surface area contributed by atoms with Crippen LogP contribution in [-0.4, -0.2) is 20.0 Å². The van der Waals surface area contributed by atoms with Crippen LogP contribution in [0.2, 0.25) is 0 Å². The Morgan fingerprint density at radius 1 is 1.00 bits per heavy atom. The summed E-state index contributed by atoms with van der Waals surface area (Å²) in [6.07, 6.45) is 0.117. The lowest BCUT2D eigenvalue weighted by atomic mass is 10.1. The predicted octanol–water partition coefficient (Wildman–Crippen LogP) is 3.03. The summed E-state index contributed by atoms with van der Waals surface area (Å²) in [4.78, 5) is 12.1. The summed E-state index contributed by atoms with van der Waals surface area (Å²) in [5.74, 6) is -0.782. The Hall–Kier alpha value is -1.46. The molecule has 0 radical (unpaired) electrons. The van der Waals surface area contributed by atoms with E-state index < -0.39 is 15.6 Å². The molecule has 0 unspecified atom stereocenters. The summed E-state index contributed by atoms with van der Waals surface area (Å²) < 4.78 is 25.0. The van der Waals surface area contributed by atoms with Crippen molar-refractivity contribution in [3.05, 3.63) is 64.6 Å². The molecule has 0 saturated heterocycles. The van der Waals surface area contributed by atoms with Crippen LogP contribution >= 0.6 is 15.9 Å². The van der Waals surface area contributed by atoms with Gasteiger partial charge in [-0.2, -0.15) is 0 Å². The third-order valence-electron chi connectivity index (χ3n) is 2.74. The van der Waals surface area contributed by atoms with Crippen molar-refractivity contribution < 1.29 is 13.2 Å². The largest absolute Gasteiger partial charge is 0.298 e. The number of hydrogen-bond acceptors (Lipinski definition) is 3. The molecule has 0 atom stereocenters. The van der Waals surface area contributed by atoms with Crippen LogP contribution in [0.15, 0.2) is 64.0 Å². The van der Waals surface area contributed by atoms with E-state index in [1.807, 2.05) is 18.2 Å². The van der Waals surface area contributed by atoms with E-state index in [-0.39, 0.29) is 17.1 Å². The number of carbonyl (C=O) groups excluding carboxylic acids is 1. The van der Waals surface area contributed by atoms with Gasteiger partial charge in [0.15, 0.2) is 15.6 Å². The molecule has 2 aromatic carbocycles. The number of halogens is 1. The average molecular weight is 353 g/mol. The lowest BCUT2D eigenvalue weighted by molar-refractivity contribution is -0.116. The Kier molecular flexibility index (Phi) is 4.73. The maximum Gasteiger partial charge on any atom is 0.185 e. The molecule has 0 aliphatic rings. The molecule has 0 fully saturated rings. The Labute approximate surface area is 126 Å². The van der Waals surface area contributed by atoms with E-state index in [0.29, 0.717) is 0 Å². The van der Waals surface area contributed by atoms with Gasteiger partial charge in [0.25, 0.3) is 0 Å². The minimum Gasteiger partial charge on any atom is -0.298 e. The summed E-state index contributed by atoms with van der Waals surface area (Å²) in [6, 6.07) is 15.3. The first-order chi connectivity index (χ1) is 9.47. The fourth-order valence-corrected chi connectivity index (χ4v) is 3.56. The molecule has 2 rings (SSSR count). The molecule has 104 valence electrons. The van der Waals surface area contributed by atoms with Crippen LogP contribution in [0.4, 0.5) is 0 Å². The zero-order valence-corrected chi connectivity index (χ0v) is 13.0. The second-order valence-corrected chi connectivity index (χ2v) is 7.32. The van der Waals surface area contributed by atoms with Crippen molar-refractivity contribution in [2.24, 2.45) is 0 Å². The van der Waals surface area contributed by atoms with Crippen LogP contribution in [0.5, 0.6) is 0 Å². The van der Waals surface area contributed by atoms with Gasteiger partial charge in [-0.1, -0.05) is 46.3 Å². The molecular weight excluding hydrogens is 340 g/mol. The molecule has 3 nitrogen and oxygen atoms in total. The van der Waals surface area contributed by atoms with Crippen molar-refractivity contribution in [1.29, 1.82) is 0 Å². The van der Waals surface area contributed by atoms with Gasteiger partial charge in [-0.05, 0) is 29.8 Å². The topological polar surface area (TPSA) is 51.2 Å². The van der Waals surface area contributed by atoms with Crippen LogP contribution in [0, 0.1) is 0 Å². The molecule has 0 bridgehead atoms. The van der Waals surface area contributed by atoms with Crippen LogP contribution in [0.3, 0.4) is 0 Å². The first-order valence-electron chi connectivity index (χ1n) is 6.01. The number of sulfone groups is 1. The maximum absolute atomic E-state index is 12.1. The lowest BCUT2D eigenvalue weighted by Gasteiger charge is -2.04. The van der Waals surface area contributed by atoms with Crippen LogP contribution < -0.4 is 0 Å². The number of Topliss-reactive ketones (excluding diaryl/α,β-unsaturated/α-hetero) is 1. The van der Waals surface area contributed by atoms with Crippen molar-refractivity contribution in [2.45, 2.75) is 11.3 Å². The minimum absolute atomic E-state index is 0.117. The van der Waals surface area contributed by atoms with Gasteiger partial charge in [-0.15, -0.1) is 0 Å². The van der Waals surface area contributed by atoms with Crippen molar-refractivity contribution in [2.75, 3.05) is 5.75 Å². The first kappa shape index (κ1) is 14.9. The van der Waals surface area contributed by atoms with Crippen molar-refractivity contribution in [3.63, 3.8) is 0 Å². The van der Waals surface area contributed by atoms with E-state index in [4.69, 9.17) is 0 Å². The molecule has 0 heterocycles. The first-order valence-corrected chi connectivity index (χ1v) is 8.46. The molecule has 5 heteroatoms. The zero-order chi connectivity index (χ0) is 14.6. The van der Waals surface area contributed by atoms with E-state index in [9.17, 15) is 13.2 Å². The summed E-state index contributed by atoms with van der Waals surface area (Å²) in [6.45, 7) is 0. The summed E-state index contributed by atoms with van der Waals surface area (Å²) in [5, 5.41) is 0. The van der Waals surface area contributed by atoms with Gasteiger partial charge in [-0.25, -0.2) is 8.42 Å². The fraction of sp³-hybridized carbons (Fsp3) is 0.133. The Morgan fingerprint density at radius 3 is 2.35 bits per heavy atom. The monoisotopic (exact) mass is 352 g/mol. The summed E-state index contributed by atoms with van der Waals surface area (Å²) in [7, 11) is -3.55. The van der Waals surface area contributed by atoms with Crippen molar-refractivity contribution in [1.82, 2.24) is 0 Å². The zero-order valence-electron chi connectivity index (χ0n) is 10.6. The number of benzene rings is 2. The van der Waals surface area contributed by atoms with E-state index in [1.54, 1.807) is 24.3 Å². The standard InChI is InChI=1S/C15H13BrO3S/c16-13-6-4-5-12(9-13)10-14(17)11-20(18,19)15-7-2-1-3-8-15/h1-9H,10-11H2. The van der Waals surface area contributed by atoms with Crippen LogP contribution in [0.25, 0.3) is 0 Å². The molecular formula is C15H13BrO3S. The molecule has 0 aliphatic carbocycles. The predicted molar refractivity (Wildman–Crippen MR) is 81.3 cm³/mol. The summed E-state index contributed by atoms with van der Waals surface area (Å²) in [5.41, 5.74) is 0.799. The number of carbonyl (C=O) groups is 1. The highest BCUT2D eigenvalue weighted by Gasteiger charge is 2.19. The molecule has 20 heavy (non-hydrogen) atoms. The van der Waals surface area contributed by atoms with E-state index in [2.05, 4.69) is 15.9 Å². The second-order valence-electron chi connectivity index (χ2n) is 4.42. The molecule has 0 spiro atoms. The van der Waals surface area contributed by atoms with Crippen LogP contribution in [0.1, 0.15) is 5.56 Å². The number of hydrogen-bond donors (Lipinski definition) is 0. The van der Waals surface area contributed by atoms with Gasteiger partial charge in [0, 0.05) is 10.9 Å². The number of rotatable bonds is 5. The Bertz CT molecular complexity index is 709. The van der Waals surface area contributed by atoms with E-state index in [0.717, 1.165) is 10.0 Å². The smallest absolute Gasteiger partial charge is 0.185 e. The third kappa shape index (κ3) is 4.02. The molecule has 0 aromatic heterocycles.